The lowest BCUT2D eigenvalue weighted by molar-refractivity contribution is -0.124. The van der Waals surface area contributed by atoms with E-state index in [1.807, 2.05) is 19.1 Å². The van der Waals surface area contributed by atoms with Crippen LogP contribution in [0.3, 0.4) is 0 Å². The number of anilines is 1. The molecule has 2 aromatic rings. The lowest BCUT2D eigenvalue weighted by Crippen LogP contribution is -2.20. The van der Waals surface area contributed by atoms with E-state index in [-0.39, 0.29) is 24.7 Å². The second-order valence-corrected chi connectivity index (χ2v) is 6.96. The smallest absolute Gasteiger partial charge is 0.240 e. The zero-order valence-corrected chi connectivity index (χ0v) is 17.2. The number of hydrogen-bond acceptors (Lipinski definition) is 4. The van der Waals surface area contributed by atoms with E-state index >= 15 is 0 Å². The molecule has 0 spiro atoms. The molecule has 0 saturated carbocycles. The van der Waals surface area contributed by atoms with E-state index in [0.717, 1.165) is 15.6 Å². The average Bonchev–Trinajstić information content (AvgIpc) is 2.63. The first-order valence-corrected chi connectivity index (χ1v) is 9.27. The quantitative estimate of drug-likeness (QED) is 0.486. The number of halogens is 2. The topological polar surface area (TPSA) is 79.8 Å². The van der Waals surface area contributed by atoms with Crippen LogP contribution in [-0.4, -0.2) is 25.1 Å². The third-order valence-corrected chi connectivity index (χ3v) is 4.64. The molecule has 0 aliphatic carbocycles. The highest BCUT2D eigenvalue weighted by atomic mass is 79.9. The summed E-state index contributed by atoms with van der Waals surface area (Å²) in [6.07, 6.45) is 1.58. The molecule has 27 heavy (non-hydrogen) atoms. The predicted octanol–water partition coefficient (Wildman–Crippen LogP) is 4.29. The number of nitrogens with one attached hydrogen (secondary N) is 2. The van der Waals surface area contributed by atoms with Gasteiger partial charge in [-0.1, -0.05) is 17.7 Å². The van der Waals surface area contributed by atoms with E-state index in [4.69, 9.17) is 16.3 Å². The van der Waals surface area contributed by atoms with Crippen LogP contribution in [0.2, 0.25) is 5.02 Å². The Morgan fingerprint density at radius 3 is 2.59 bits per heavy atom. The summed E-state index contributed by atoms with van der Waals surface area (Å²) >= 11 is 9.40. The fraction of sp³-hybridized carbons (Fsp3) is 0.211. The molecular formula is C19H19BrClN3O3. The zero-order valence-electron chi connectivity index (χ0n) is 14.9. The minimum absolute atomic E-state index is 0.0229. The van der Waals surface area contributed by atoms with E-state index in [9.17, 15) is 9.59 Å². The van der Waals surface area contributed by atoms with Gasteiger partial charge in [0.25, 0.3) is 0 Å². The number of hydrazone groups is 1. The maximum Gasteiger partial charge on any atom is 0.240 e. The van der Waals surface area contributed by atoms with Crippen molar-refractivity contribution in [3.63, 3.8) is 0 Å². The van der Waals surface area contributed by atoms with Crippen LogP contribution in [-0.2, 0) is 9.59 Å². The van der Waals surface area contributed by atoms with Crippen LogP contribution < -0.4 is 15.5 Å². The molecule has 0 aliphatic heterocycles. The molecule has 0 heterocycles. The standard InChI is InChI=1S/C19H19BrClN3O3/c1-12-3-5-14(10-16(12)21)23-18(25)7-8-19(26)24-22-11-13-4-6-17(27-2)15(20)9-13/h3-6,9-11H,7-8H2,1-2H3,(H,23,25)(H,24,26). The molecule has 0 bridgehead atoms. The first-order chi connectivity index (χ1) is 12.9. The molecule has 0 aliphatic rings. The van der Waals surface area contributed by atoms with Gasteiger partial charge in [0.15, 0.2) is 0 Å². The van der Waals surface area contributed by atoms with Crippen molar-refractivity contribution in [3.05, 3.63) is 57.0 Å². The normalized spacial score (nSPS) is 10.7. The maximum atomic E-state index is 11.9. The van der Waals surface area contributed by atoms with Gasteiger partial charge >= 0.3 is 0 Å². The summed E-state index contributed by atoms with van der Waals surface area (Å²) in [5.74, 6) is 0.0844. The number of nitrogens with zero attached hydrogens (tertiary/aromatic N) is 1. The summed E-state index contributed by atoms with van der Waals surface area (Å²) < 4.78 is 5.93. The van der Waals surface area contributed by atoms with Gasteiger partial charge in [0, 0.05) is 23.6 Å². The number of ether oxygens (including phenoxy) is 1. The SMILES string of the molecule is COc1ccc(C=NNC(=O)CCC(=O)Nc2ccc(C)c(Cl)c2)cc1Br. The Bertz CT molecular complexity index is 871. The van der Waals surface area contributed by atoms with Crippen molar-refractivity contribution in [1.82, 2.24) is 5.43 Å². The maximum absolute atomic E-state index is 11.9. The van der Waals surface area contributed by atoms with Gasteiger partial charge in [-0.05, 0) is 64.3 Å². The van der Waals surface area contributed by atoms with Gasteiger partial charge in [0.2, 0.25) is 11.8 Å². The fourth-order valence-electron chi connectivity index (χ4n) is 2.12. The van der Waals surface area contributed by atoms with Crippen molar-refractivity contribution in [2.45, 2.75) is 19.8 Å². The summed E-state index contributed by atoms with van der Waals surface area (Å²) in [5, 5.41) is 7.17. The zero-order chi connectivity index (χ0) is 19.8. The largest absolute Gasteiger partial charge is 0.496 e. The molecule has 0 aromatic heterocycles. The van der Waals surface area contributed by atoms with Gasteiger partial charge in [-0.15, -0.1) is 0 Å². The molecule has 142 valence electrons. The highest BCUT2D eigenvalue weighted by Crippen LogP contribution is 2.24. The molecule has 0 saturated heterocycles. The number of methoxy groups -OCH3 is 1. The molecule has 8 heteroatoms. The fourth-order valence-corrected chi connectivity index (χ4v) is 2.86. The Morgan fingerprint density at radius 2 is 1.93 bits per heavy atom. The number of carbonyl (C=O) groups excluding carboxylic acids is 2. The van der Waals surface area contributed by atoms with E-state index in [1.54, 1.807) is 31.4 Å². The predicted molar refractivity (Wildman–Crippen MR) is 110 cm³/mol. The molecule has 2 aromatic carbocycles. The minimum Gasteiger partial charge on any atom is -0.496 e. The van der Waals surface area contributed by atoms with E-state index < -0.39 is 0 Å². The number of aryl methyl sites for hydroxylation is 1. The Kier molecular flexibility index (Phi) is 7.82. The van der Waals surface area contributed by atoms with Crippen molar-refractivity contribution >= 4 is 51.2 Å². The van der Waals surface area contributed by atoms with E-state index in [1.165, 1.54) is 6.21 Å². The number of benzene rings is 2. The van der Waals surface area contributed by atoms with Gasteiger partial charge in [0.05, 0.1) is 17.8 Å². The van der Waals surface area contributed by atoms with Crippen LogP contribution in [0.4, 0.5) is 5.69 Å². The number of amides is 2. The van der Waals surface area contributed by atoms with Crippen LogP contribution >= 0.6 is 27.5 Å². The highest BCUT2D eigenvalue weighted by molar-refractivity contribution is 9.10. The first kappa shape index (κ1) is 20.9. The van der Waals surface area contributed by atoms with Gasteiger partial charge in [-0.25, -0.2) is 5.43 Å². The lowest BCUT2D eigenvalue weighted by Gasteiger charge is -2.06. The molecule has 0 atom stereocenters. The Morgan fingerprint density at radius 1 is 1.19 bits per heavy atom. The van der Waals surface area contributed by atoms with Crippen molar-refractivity contribution in [2.24, 2.45) is 5.10 Å². The van der Waals surface area contributed by atoms with Crippen LogP contribution in [0.5, 0.6) is 5.75 Å². The molecular weight excluding hydrogens is 434 g/mol. The lowest BCUT2D eigenvalue weighted by atomic mass is 10.2. The second kappa shape index (κ2) is 10.1. The van der Waals surface area contributed by atoms with Gasteiger partial charge in [0.1, 0.15) is 5.75 Å². The first-order valence-electron chi connectivity index (χ1n) is 8.10. The monoisotopic (exact) mass is 451 g/mol. The summed E-state index contributed by atoms with van der Waals surface area (Å²) in [7, 11) is 1.58. The molecule has 2 rings (SSSR count). The van der Waals surface area contributed by atoms with Crippen molar-refractivity contribution < 1.29 is 14.3 Å². The summed E-state index contributed by atoms with van der Waals surface area (Å²) in [4.78, 5) is 23.7. The van der Waals surface area contributed by atoms with Crippen molar-refractivity contribution in [1.29, 1.82) is 0 Å². The third-order valence-electron chi connectivity index (χ3n) is 3.61. The molecule has 0 unspecified atom stereocenters. The van der Waals surface area contributed by atoms with Crippen LogP contribution in [0.15, 0.2) is 46.0 Å². The molecule has 0 radical (unpaired) electrons. The van der Waals surface area contributed by atoms with Gasteiger partial charge in [-0.2, -0.15) is 5.10 Å². The van der Waals surface area contributed by atoms with Crippen molar-refractivity contribution in [2.75, 3.05) is 12.4 Å². The highest BCUT2D eigenvalue weighted by Gasteiger charge is 2.08. The summed E-state index contributed by atoms with van der Waals surface area (Å²) in [6.45, 7) is 1.88. The molecule has 2 N–H and O–H groups in total. The average molecular weight is 453 g/mol. The van der Waals surface area contributed by atoms with Crippen LogP contribution in [0.1, 0.15) is 24.0 Å². The summed E-state index contributed by atoms with van der Waals surface area (Å²) in [5.41, 5.74) is 4.71. The summed E-state index contributed by atoms with van der Waals surface area (Å²) in [6, 6.07) is 10.7. The van der Waals surface area contributed by atoms with Crippen molar-refractivity contribution in [3.8, 4) is 5.75 Å². The number of rotatable bonds is 7. The Labute approximate surface area is 171 Å². The molecule has 0 fully saturated rings. The number of carbonyl (C=O) groups is 2. The van der Waals surface area contributed by atoms with E-state index in [2.05, 4.69) is 31.8 Å². The number of hydrogen-bond donors (Lipinski definition) is 2. The Balaban J connectivity index is 1.77. The Hall–Kier alpha value is -2.38. The van der Waals surface area contributed by atoms with Gasteiger partial charge in [-0.3, -0.25) is 9.59 Å². The third kappa shape index (κ3) is 6.69. The van der Waals surface area contributed by atoms with Crippen LogP contribution in [0.25, 0.3) is 0 Å². The second-order valence-electron chi connectivity index (χ2n) is 5.70. The van der Waals surface area contributed by atoms with Crippen LogP contribution in [0, 0.1) is 6.92 Å². The van der Waals surface area contributed by atoms with Gasteiger partial charge < -0.3 is 10.1 Å². The molecule has 2 amide bonds. The van der Waals surface area contributed by atoms with E-state index in [0.29, 0.717) is 16.5 Å². The molecule has 6 nitrogen and oxygen atoms in total. The minimum atomic E-state index is -0.351.